The van der Waals surface area contributed by atoms with E-state index in [1.54, 1.807) is 0 Å². The van der Waals surface area contributed by atoms with Gasteiger partial charge in [-0.3, -0.25) is 0 Å². The Balaban J connectivity index is 1.88. The maximum Gasteiger partial charge on any atom is 0.0294 e. The summed E-state index contributed by atoms with van der Waals surface area (Å²) in [5, 5.41) is 3.81. The summed E-state index contributed by atoms with van der Waals surface area (Å²) >= 11 is 3.49. The highest BCUT2D eigenvalue weighted by Crippen LogP contribution is 2.21. The van der Waals surface area contributed by atoms with Crippen molar-refractivity contribution in [2.75, 3.05) is 0 Å². The van der Waals surface area contributed by atoms with Crippen LogP contribution in [0.25, 0.3) is 0 Å². The average Bonchev–Trinajstić information content (AvgIpc) is 2.33. The van der Waals surface area contributed by atoms with E-state index in [0.717, 1.165) is 4.47 Å². The predicted octanol–water partition coefficient (Wildman–Crippen LogP) is 5.21. The summed E-state index contributed by atoms with van der Waals surface area (Å²) in [7, 11) is 0. The van der Waals surface area contributed by atoms with Gasteiger partial charge in [0.25, 0.3) is 0 Å². The van der Waals surface area contributed by atoms with E-state index in [9.17, 15) is 0 Å². The summed E-state index contributed by atoms with van der Waals surface area (Å²) in [6.07, 6.45) is 9.77. The predicted molar refractivity (Wildman–Crippen MR) is 81.8 cm³/mol. The fourth-order valence-electron chi connectivity index (χ4n) is 2.82. The molecule has 0 heterocycles. The molecule has 18 heavy (non-hydrogen) atoms. The molecule has 1 N–H and O–H groups in total. The number of benzene rings is 1. The molecule has 1 aliphatic carbocycles. The molecular weight excluding hydrogens is 286 g/mol. The zero-order valence-corrected chi connectivity index (χ0v) is 12.9. The Morgan fingerprint density at radius 2 is 1.56 bits per heavy atom. The Kier molecular flexibility index (Phi) is 5.71. The van der Waals surface area contributed by atoms with Crippen molar-refractivity contribution < 1.29 is 0 Å². The molecule has 2 heteroatoms. The normalized spacial score (nSPS) is 20.1. The Bertz CT molecular complexity index is 339. The van der Waals surface area contributed by atoms with E-state index < -0.39 is 0 Å². The number of halogens is 1. The van der Waals surface area contributed by atoms with Gasteiger partial charge in [-0.15, -0.1) is 0 Å². The van der Waals surface area contributed by atoms with Crippen LogP contribution in [0.1, 0.15) is 63.5 Å². The van der Waals surface area contributed by atoms with Crippen LogP contribution >= 0.6 is 15.9 Å². The number of hydrogen-bond acceptors (Lipinski definition) is 1. The second-order valence-corrected chi connectivity index (χ2v) is 6.40. The quantitative estimate of drug-likeness (QED) is 0.808. The van der Waals surface area contributed by atoms with Crippen molar-refractivity contribution >= 4 is 15.9 Å². The van der Waals surface area contributed by atoms with Crippen LogP contribution in [-0.2, 0) is 0 Å². The molecule has 0 amide bonds. The summed E-state index contributed by atoms with van der Waals surface area (Å²) in [5.74, 6) is 0. The Hall–Kier alpha value is -0.340. The Morgan fingerprint density at radius 1 is 1.00 bits per heavy atom. The minimum atomic E-state index is 0.461. The molecule has 1 nitrogen and oxygen atoms in total. The maximum atomic E-state index is 3.81. The minimum Gasteiger partial charge on any atom is -0.307 e. The fraction of sp³-hybridized carbons (Fsp3) is 0.625. The van der Waals surface area contributed by atoms with E-state index in [1.807, 2.05) is 0 Å². The molecule has 1 aromatic carbocycles. The molecule has 1 unspecified atom stereocenters. The minimum absolute atomic E-state index is 0.461. The van der Waals surface area contributed by atoms with E-state index >= 15 is 0 Å². The lowest BCUT2D eigenvalue weighted by molar-refractivity contribution is 0.363. The van der Waals surface area contributed by atoms with Crippen LogP contribution in [0.5, 0.6) is 0 Å². The van der Waals surface area contributed by atoms with Crippen molar-refractivity contribution in [3.63, 3.8) is 0 Å². The van der Waals surface area contributed by atoms with Crippen LogP contribution in [0, 0.1) is 0 Å². The average molecular weight is 310 g/mol. The molecule has 0 bridgehead atoms. The van der Waals surface area contributed by atoms with Crippen molar-refractivity contribution in [3.8, 4) is 0 Å². The molecule has 1 aliphatic rings. The molecule has 2 rings (SSSR count). The third-order valence-electron chi connectivity index (χ3n) is 3.96. The summed E-state index contributed by atoms with van der Waals surface area (Å²) in [6.45, 7) is 2.28. The first kappa shape index (κ1) is 14.1. The van der Waals surface area contributed by atoms with E-state index in [0.29, 0.717) is 12.1 Å². The third-order valence-corrected chi connectivity index (χ3v) is 4.49. The monoisotopic (exact) mass is 309 g/mol. The first-order chi connectivity index (χ1) is 8.75. The van der Waals surface area contributed by atoms with Crippen molar-refractivity contribution in [2.45, 2.75) is 64.0 Å². The lowest BCUT2D eigenvalue weighted by Gasteiger charge is -2.25. The standard InChI is InChI=1S/C16H24BrN/c1-13(14-9-11-15(17)12-10-14)18-16-7-5-3-2-4-6-8-16/h9-13,16,18H,2-8H2,1H3. The summed E-state index contributed by atoms with van der Waals surface area (Å²) < 4.78 is 1.16. The van der Waals surface area contributed by atoms with E-state index in [4.69, 9.17) is 0 Å². The van der Waals surface area contributed by atoms with Crippen LogP contribution < -0.4 is 5.32 Å². The zero-order valence-electron chi connectivity index (χ0n) is 11.3. The third kappa shape index (κ3) is 4.40. The first-order valence-electron chi connectivity index (χ1n) is 7.27. The van der Waals surface area contributed by atoms with Gasteiger partial charge >= 0.3 is 0 Å². The molecule has 0 aliphatic heterocycles. The van der Waals surface area contributed by atoms with Crippen LogP contribution in [0.3, 0.4) is 0 Å². The van der Waals surface area contributed by atoms with Gasteiger partial charge in [0.1, 0.15) is 0 Å². The van der Waals surface area contributed by atoms with Gasteiger partial charge in [-0.2, -0.15) is 0 Å². The van der Waals surface area contributed by atoms with Crippen molar-refractivity contribution in [3.05, 3.63) is 34.3 Å². The van der Waals surface area contributed by atoms with Crippen molar-refractivity contribution in [1.29, 1.82) is 0 Å². The van der Waals surface area contributed by atoms with E-state index in [-0.39, 0.29) is 0 Å². The summed E-state index contributed by atoms with van der Waals surface area (Å²) in [6, 6.07) is 9.86. The highest BCUT2D eigenvalue weighted by Gasteiger charge is 2.14. The number of nitrogens with one attached hydrogen (secondary N) is 1. The van der Waals surface area contributed by atoms with Crippen molar-refractivity contribution in [1.82, 2.24) is 5.32 Å². The molecular formula is C16H24BrN. The van der Waals surface area contributed by atoms with Crippen LogP contribution in [0.2, 0.25) is 0 Å². The Labute approximate surface area is 119 Å². The highest BCUT2D eigenvalue weighted by molar-refractivity contribution is 9.10. The van der Waals surface area contributed by atoms with Gasteiger partial charge in [0.2, 0.25) is 0 Å². The second-order valence-electron chi connectivity index (χ2n) is 5.48. The molecule has 1 fully saturated rings. The smallest absolute Gasteiger partial charge is 0.0294 e. The molecule has 0 radical (unpaired) electrons. The van der Waals surface area contributed by atoms with Gasteiger partial charge in [-0.05, 0) is 37.5 Å². The summed E-state index contributed by atoms with van der Waals surface area (Å²) in [4.78, 5) is 0. The van der Waals surface area contributed by atoms with Crippen LogP contribution in [0.15, 0.2) is 28.7 Å². The molecule has 0 saturated heterocycles. The largest absolute Gasteiger partial charge is 0.307 e. The van der Waals surface area contributed by atoms with Gasteiger partial charge < -0.3 is 5.32 Å². The SMILES string of the molecule is CC(NC1CCCCCCC1)c1ccc(Br)cc1. The highest BCUT2D eigenvalue weighted by atomic mass is 79.9. The van der Waals surface area contributed by atoms with Gasteiger partial charge in [-0.1, -0.05) is 60.2 Å². The number of rotatable bonds is 3. The van der Waals surface area contributed by atoms with Gasteiger partial charge in [0, 0.05) is 16.6 Å². The topological polar surface area (TPSA) is 12.0 Å². The maximum absolute atomic E-state index is 3.81. The molecule has 1 atom stereocenters. The molecule has 1 aromatic rings. The lowest BCUT2D eigenvalue weighted by atomic mass is 9.95. The summed E-state index contributed by atoms with van der Waals surface area (Å²) in [5.41, 5.74) is 1.39. The number of hydrogen-bond donors (Lipinski definition) is 1. The van der Waals surface area contributed by atoms with Crippen LogP contribution in [-0.4, -0.2) is 6.04 Å². The lowest BCUT2D eigenvalue weighted by Crippen LogP contribution is -2.32. The van der Waals surface area contributed by atoms with E-state index in [2.05, 4.69) is 52.4 Å². The fourth-order valence-corrected chi connectivity index (χ4v) is 3.09. The molecule has 100 valence electrons. The van der Waals surface area contributed by atoms with Gasteiger partial charge in [0.15, 0.2) is 0 Å². The van der Waals surface area contributed by atoms with Gasteiger partial charge in [0.05, 0.1) is 0 Å². The first-order valence-corrected chi connectivity index (χ1v) is 8.06. The van der Waals surface area contributed by atoms with Crippen molar-refractivity contribution in [2.24, 2.45) is 0 Å². The van der Waals surface area contributed by atoms with E-state index in [1.165, 1.54) is 50.5 Å². The second kappa shape index (κ2) is 7.30. The van der Waals surface area contributed by atoms with Crippen LogP contribution in [0.4, 0.5) is 0 Å². The Morgan fingerprint density at radius 3 is 2.17 bits per heavy atom. The van der Waals surface area contributed by atoms with Gasteiger partial charge in [-0.25, -0.2) is 0 Å². The zero-order chi connectivity index (χ0) is 12.8. The molecule has 0 aromatic heterocycles. The molecule has 1 saturated carbocycles. The molecule has 0 spiro atoms.